The molecule has 0 radical (unpaired) electrons. The van der Waals surface area contributed by atoms with Gasteiger partial charge >= 0.3 is 0 Å². The molecule has 1 rings (SSSR count). The summed E-state index contributed by atoms with van der Waals surface area (Å²) >= 11 is 0. The highest BCUT2D eigenvalue weighted by molar-refractivity contribution is 5.03. The van der Waals surface area contributed by atoms with Crippen molar-refractivity contribution in [3.05, 3.63) is 0 Å². The molecule has 1 fully saturated rings. The highest BCUT2D eigenvalue weighted by Crippen LogP contribution is 2.43. The van der Waals surface area contributed by atoms with Crippen molar-refractivity contribution < 1.29 is 4.74 Å². The zero-order chi connectivity index (χ0) is 14.5. The van der Waals surface area contributed by atoms with Gasteiger partial charge in [0.2, 0.25) is 0 Å². The zero-order valence-corrected chi connectivity index (χ0v) is 14.0. The Morgan fingerprint density at radius 3 is 2.42 bits per heavy atom. The average molecular weight is 269 g/mol. The smallest absolute Gasteiger partial charge is 0.0656 e. The van der Waals surface area contributed by atoms with Crippen LogP contribution in [0.25, 0.3) is 0 Å². The van der Waals surface area contributed by atoms with Gasteiger partial charge in [-0.15, -0.1) is 0 Å². The molecule has 19 heavy (non-hydrogen) atoms. The Bertz CT molecular complexity index is 250. The van der Waals surface area contributed by atoms with E-state index in [-0.39, 0.29) is 5.41 Å². The number of ether oxygens (including phenoxy) is 1. The highest BCUT2D eigenvalue weighted by atomic mass is 16.5. The van der Waals surface area contributed by atoms with Gasteiger partial charge in [0.05, 0.1) is 6.10 Å². The largest absolute Gasteiger partial charge is 0.377 e. The van der Waals surface area contributed by atoms with E-state index in [2.05, 4.69) is 46.9 Å². The summed E-state index contributed by atoms with van der Waals surface area (Å²) in [6.07, 6.45) is 6.95. The maximum Gasteiger partial charge on any atom is 0.0656 e. The SMILES string of the molecule is CCCCCC(C)NC1CC(OCC(C)C)C1(C)C. The van der Waals surface area contributed by atoms with Crippen LogP contribution in [0.3, 0.4) is 0 Å². The summed E-state index contributed by atoms with van der Waals surface area (Å²) in [4.78, 5) is 0. The van der Waals surface area contributed by atoms with Crippen molar-refractivity contribution in [3.63, 3.8) is 0 Å². The van der Waals surface area contributed by atoms with Crippen molar-refractivity contribution in [2.45, 2.75) is 91.8 Å². The standard InChI is InChI=1S/C17H35NO/c1-7-8-9-10-14(4)18-15-11-16(17(15,5)6)19-12-13(2)3/h13-16,18H,7-12H2,1-6H3. The van der Waals surface area contributed by atoms with Gasteiger partial charge < -0.3 is 10.1 Å². The third kappa shape index (κ3) is 5.07. The van der Waals surface area contributed by atoms with Crippen molar-refractivity contribution in [1.82, 2.24) is 5.32 Å². The molecule has 1 saturated carbocycles. The van der Waals surface area contributed by atoms with Crippen molar-refractivity contribution in [3.8, 4) is 0 Å². The molecule has 2 heteroatoms. The van der Waals surface area contributed by atoms with Gasteiger partial charge in [0.15, 0.2) is 0 Å². The Balaban J connectivity index is 2.26. The van der Waals surface area contributed by atoms with E-state index in [0.29, 0.717) is 24.1 Å². The summed E-state index contributed by atoms with van der Waals surface area (Å²) in [6, 6.07) is 1.27. The first-order chi connectivity index (χ1) is 8.87. The van der Waals surface area contributed by atoms with Gasteiger partial charge in [0, 0.05) is 24.1 Å². The molecule has 0 aromatic heterocycles. The molecule has 0 amide bonds. The zero-order valence-electron chi connectivity index (χ0n) is 14.0. The molecular formula is C17H35NO. The normalized spacial score (nSPS) is 27.3. The molecule has 0 aromatic rings. The third-order valence-electron chi connectivity index (χ3n) is 4.53. The van der Waals surface area contributed by atoms with Crippen molar-refractivity contribution in [2.75, 3.05) is 6.61 Å². The number of hydrogen-bond donors (Lipinski definition) is 1. The molecule has 0 saturated heterocycles. The van der Waals surface area contributed by atoms with Crippen LogP contribution in [0.1, 0.15) is 73.6 Å². The molecule has 2 nitrogen and oxygen atoms in total. The molecule has 1 N–H and O–H groups in total. The Hall–Kier alpha value is -0.0800. The van der Waals surface area contributed by atoms with Gasteiger partial charge in [0.25, 0.3) is 0 Å². The molecule has 1 aliphatic rings. The second kappa shape index (κ2) is 7.64. The lowest BCUT2D eigenvalue weighted by Crippen LogP contribution is -2.62. The molecule has 1 aliphatic carbocycles. The highest BCUT2D eigenvalue weighted by Gasteiger charge is 2.49. The quantitative estimate of drug-likeness (QED) is 0.627. The topological polar surface area (TPSA) is 21.3 Å². The van der Waals surface area contributed by atoms with Crippen molar-refractivity contribution in [1.29, 1.82) is 0 Å². The third-order valence-corrected chi connectivity index (χ3v) is 4.53. The molecule has 0 heterocycles. The average Bonchev–Trinajstić information content (AvgIpc) is 2.32. The van der Waals surface area contributed by atoms with E-state index in [1.54, 1.807) is 0 Å². The number of hydrogen-bond acceptors (Lipinski definition) is 2. The van der Waals surface area contributed by atoms with Gasteiger partial charge in [-0.3, -0.25) is 0 Å². The van der Waals surface area contributed by atoms with Gasteiger partial charge in [-0.05, 0) is 25.7 Å². The van der Waals surface area contributed by atoms with Crippen LogP contribution in [0.4, 0.5) is 0 Å². The molecule has 114 valence electrons. The van der Waals surface area contributed by atoms with Crippen LogP contribution in [-0.2, 0) is 4.74 Å². The Morgan fingerprint density at radius 2 is 1.89 bits per heavy atom. The van der Waals surface area contributed by atoms with Gasteiger partial charge in [-0.2, -0.15) is 0 Å². The summed E-state index contributed by atoms with van der Waals surface area (Å²) < 4.78 is 6.02. The van der Waals surface area contributed by atoms with E-state index in [9.17, 15) is 0 Å². The molecule has 3 atom stereocenters. The van der Waals surface area contributed by atoms with E-state index in [1.807, 2.05) is 0 Å². The lowest BCUT2D eigenvalue weighted by Gasteiger charge is -2.53. The van der Waals surface area contributed by atoms with Gasteiger partial charge in [-0.25, -0.2) is 0 Å². The molecule has 0 aliphatic heterocycles. The second-order valence-corrected chi connectivity index (χ2v) is 7.39. The lowest BCUT2D eigenvalue weighted by atomic mass is 9.64. The van der Waals surface area contributed by atoms with E-state index >= 15 is 0 Å². The van der Waals surface area contributed by atoms with Gasteiger partial charge in [-0.1, -0.05) is 53.9 Å². The Kier molecular flexibility index (Phi) is 6.82. The molecule has 0 aromatic carbocycles. The Morgan fingerprint density at radius 1 is 1.21 bits per heavy atom. The summed E-state index contributed by atoms with van der Waals surface area (Å²) in [5.41, 5.74) is 0.286. The van der Waals surface area contributed by atoms with E-state index in [0.717, 1.165) is 6.61 Å². The second-order valence-electron chi connectivity index (χ2n) is 7.39. The van der Waals surface area contributed by atoms with Crippen LogP contribution < -0.4 is 5.32 Å². The predicted molar refractivity (Wildman–Crippen MR) is 83.5 cm³/mol. The van der Waals surface area contributed by atoms with Crippen LogP contribution in [0.5, 0.6) is 0 Å². The maximum atomic E-state index is 6.02. The van der Waals surface area contributed by atoms with Crippen molar-refractivity contribution in [2.24, 2.45) is 11.3 Å². The van der Waals surface area contributed by atoms with Crippen LogP contribution >= 0.6 is 0 Å². The fourth-order valence-corrected chi connectivity index (χ4v) is 2.89. The summed E-state index contributed by atoms with van der Waals surface area (Å²) in [5, 5.41) is 3.80. The first-order valence-electron chi connectivity index (χ1n) is 8.25. The van der Waals surface area contributed by atoms with E-state index in [4.69, 9.17) is 4.74 Å². The first-order valence-corrected chi connectivity index (χ1v) is 8.25. The number of unbranched alkanes of at least 4 members (excludes halogenated alkanes) is 2. The lowest BCUT2D eigenvalue weighted by molar-refractivity contribution is -0.125. The van der Waals surface area contributed by atoms with Gasteiger partial charge in [0.1, 0.15) is 0 Å². The fourth-order valence-electron chi connectivity index (χ4n) is 2.89. The maximum absolute atomic E-state index is 6.02. The van der Waals surface area contributed by atoms with Crippen LogP contribution in [0.15, 0.2) is 0 Å². The summed E-state index contributed by atoms with van der Waals surface area (Å²) in [5.74, 6) is 0.635. The number of nitrogens with one attached hydrogen (secondary N) is 1. The number of rotatable bonds is 9. The fraction of sp³-hybridized carbons (Fsp3) is 1.00. The first kappa shape index (κ1) is 17.0. The minimum Gasteiger partial charge on any atom is -0.377 e. The van der Waals surface area contributed by atoms with Crippen LogP contribution in [0, 0.1) is 11.3 Å². The monoisotopic (exact) mass is 269 g/mol. The van der Waals surface area contributed by atoms with E-state index < -0.39 is 0 Å². The molecule has 0 spiro atoms. The van der Waals surface area contributed by atoms with Crippen molar-refractivity contribution >= 4 is 0 Å². The molecule has 0 bridgehead atoms. The molecule has 3 unspecified atom stereocenters. The Labute approximate surface area is 120 Å². The van der Waals surface area contributed by atoms with Crippen LogP contribution in [-0.4, -0.2) is 24.8 Å². The summed E-state index contributed by atoms with van der Waals surface area (Å²) in [7, 11) is 0. The minimum atomic E-state index is 0.286. The molecular weight excluding hydrogens is 234 g/mol. The minimum absolute atomic E-state index is 0.286. The van der Waals surface area contributed by atoms with Crippen LogP contribution in [0.2, 0.25) is 0 Å². The summed E-state index contributed by atoms with van der Waals surface area (Å²) in [6.45, 7) is 14.6. The predicted octanol–water partition coefficient (Wildman–Crippen LogP) is 4.38. The van der Waals surface area contributed by atoms with E-state index in [1.165, 1.54) is 32.1 Å².